The smallest absolute Gasteiger partial charge is 0.132 e. The summed E-state index contributed by atoms with van der Waals surface area (Å²) in [5, 5.41) is 3.34. The maximum atomic E-state index is 5.72. The van der Waals surface area contributed by atoms with Crippen LogP contribution >= 0.6 is 15.9 Å². The van der Waals surface area contributed by atoms with Gasteiger partial charge in [0, 0.05) is 32.1 Å². The lowest BCUT2D eigenvalue weighted by Gasteiger charge is -2.30. The highest BCUT2D eigenvalue weighted by Crippen LogP contribution is 2.14. The third-order valence-electron chi connectivity index (χ3n) is 3.07. The lowest BCUT2D eigenvalue weighted by molar-refractivity contribution is -0.0117. The molecular formula is C13H21BrN4O. The number of morpholine rings is 1. The zero-order chi connectivity index (χ0) is 13.7. The molecule has 0 amide bonds. The van der Waals surface area contributed by atoms with E-state index in [9.17, 15) is 0 Å². The van der Waals surface area contributed by atoms with Gasteiger partial charge in [0.1, 0.15) is 16.2 Å². The van der Waals surface area contributed by atoms with Crippen LogP contribution in [0.3, 0.4) is 0 Å². The van der Waals surface area contributed by atoms with E-state index >= 15 is 0 Å². The van der Waals surface area contributed by atoms with Gasteiger partial charge in [0.05, 0.1) is 12.7 Å². The number of rotatable bonds is 5. The fourth-order valence-corrected chi connectivity index (χ4v) is 2.52. The largest absolute Gasteiger partial charge is 0.374 e. The van der Waals surface area contributed by atoms with Crippen molar-refractivity contribution in [2.45, 2.75) is 25.9 Å². The Morgan fingerprint density at radius 2 is 2.37 bits per heavy atom. The van der Waals surface area contributed by atoms with Crippen molar-refractivity contribution in [2.75, 3.05) is 38.6 Å². The molecule has 1 aliphatic heterocycles. The van der Waals surface area contributed by atoms with Crippen LogP contribution in [0.5, 0.6) is 0 Å². The van der Waals surface area contributed by atoms with E-state index in [1.165, 1.54) is 0 Å². The Morgan fingerprint density at radius 1 is 1.53 bits per heavy atom. The fraction of sp³-hybridized carbons (Fsp3) is 0.692. The molecule has 0 bridgehead atoms. The number of halogens is 1. The van der Waals surface area contributed by atoms with Crippen molar-refractivity contribution in [2.24, 2.45) is 0 Å². The summed E-state index contributed by atoms with van der Waals surface area (Å²) < 4.78 is 6.55. The van der Waals surface area contributed by atoms with Crippen molar-refractivity contribution in [3.63, 3.8) is 0 Å². The summed E-state index contributed by atoms with van der Waals surface area (Å²) in [5.41, 5.74) is 0. The van der Waals surface area contributed by atoms with Crippen LogP contribution in [0.2, 0.25) is 0 Å². The van der Waals surface area contributed by atoms with Gasteiger partial charge >= 0.3 is 0 Å². The van der Waals surface area contributed by atoms with Gasteiger partial charge in [-0.3, -0.25) is 0 Å². The van der Waals surface area contributed by atoms with Gasteiger partial charge in [-0.2, -0.15) is 0 Å². The number of likely N-dealkylation sites (N-methyl/N-ethyl adjacent to an activating group) is 1. The van der Waals surface area contributed by atoms with Crippen LogP contribution < -0.4 is 5.32 Å². The lowest BCUT2D eigenvalue weighted by Crippen LogP contribution is -2.43. The summed E-state index contributed by atoms with van der Waals surface area (Å²) in [6.07, 6.45) is 2.17. The van der Waals surface area contributed by atoms with Crippen LogP contribution in [0.4, 0.5) is 5.82 Å². The predicted molar refractivity (Wildman–Crippen MR) is 79.5 cm³/mol. The number of ether oxygens (including phenoxy) is 1. The van der Waals surface area contributed by atoms with Crippen LogP contribution in [0.1, 0.15) is 19.2 Å². The first-order chi connectivity index (χ1) is 9.17. The van der Waals surface area contributed by atoms with E-state index in [0.29, 0.717) is 0 Å². The first kappa shape index (κ1) is 14.7. The number of aromatic nitrogens is 2. The Labute approximate surface area is 122 Å². The molecule has 0 radical (unpaired) electrons. The molecule has 1 aliphatic rings. The van der Waals surface area contributed by atoms with Crippen molar-refractivity contribution >= 4 is 21.7 Å². The van der Waals surface area contributed by atoms with Crippen LogP contribution in [0.25, 0.3) is 0 Å². The minimum atomic E-state index is 0.224. The van der Waals surface area contributed by atoms with E-state index in [1.54, 1.807) is 0 Å². The summed E-state index contributed by atoms with van der Waals surface area (Å²) >= 11 is 3.43. The highest BCUT2D eigenvalue weighted by Gasteiger charge is 2.17. The summed E-state index contributed by atoms with van der Waals surface area (Å²) in [4.78, 5) is 11.1. The molecule has 5 nitrogen and oxygen atoms in total. The first-order valence-electron chi connectivity index (χ1n) is 6.75. The number of hydrogen-bond donors (Lipinski definition) is 1. The van der Waals surface area contributed by atoms with Gasteiger partial charge in [0.15, 0.2) is 0 Å². The normalized spacial score (nSPS) is 20.5. The monoisotopic (exact) mass is 328 g/mol. The number of anilines is 1. The van der Waals surface area contributed by atoms with Gasteiger partial charge in [-0.25, -0.2) is 9.97 Å². The Balaban J connectivity index is 1.91. The molecule has 0 spiro atoms. The molecule has 0 aliphatic carbocycles. The van der Waals surface area contributed by atoms with Crippen molar-refractivity contribution in [3.05, 3.63) is 16.5 Å². The number of nitrogens with zero attached hydrogens (tertiary/aromatic N) is 3. The van der Waals surface area contributed by atoms with E-state index < -0.39 is 0 Å². The molecule has 106 valence electrons. The van der Waals surface area contributed by atoms with Crippen molar-refractivity contribution < 1.29 is 4.74 Å². The molecule has 0 aromatic carbocycles. The zero-order valence-electron chi connectivity index (χ0n) is 11.5. The lowest BCUT2D eigenvalue weighted by atomic mass is 10.3. The zero-order valence-corrected chi connectivity index (χ0v) is 13.1. The van der Waals surface area contributed by atoms with Gasteiger partial charge in [0.2, 0.25) is 0 Å². The second-order valence-corrected chi connectivity index (χ2v) is 5.69. The van der Waals surface area contributed by atoms with Crippen molar-refractivity contribution in [1.29, 1.82) is 0 Å². The van der Waals surface area contributed by atoms with Gasteiger partial charge in [-0.05, 0) is 29.4 Å². The van der Waals surface area contributed by atoms with Gasteiger partial charge < -0.3 is 15.0 Å². The van der Waals surface area contributed by atoms with Gasteiger partial charge in [-0.1, -0.05) is 6.92 Å². The van der Waals surface area contributed by atoms with E-state index in [2.05, 4.69) is 50.1 Å². The maximum Gasteiger partial charge on any atom is 0.132 e. The molecule has 1 aromatic heterocycles. The summed E-state index contributed by atoms with van der Waals surface area (Å²) in [6.45, 7) is 5.68. The molecule has 1 fully saturated rings. The van der Waals surface area contributed by atoms with E-state index in [0.717, 1.165) is 55.3 Å². The molecule has 1 N–H and O–H groups in total. The first-order valence-corrected chi connectivity index (χ1v) is 7.54. The minimum Gasteiger partial charge on any atom is -0.374 e. The molecule has 2 rings (SSSR count). The second-order valence-electron chi connectivity index (χ2n) is 4.88. The molecule has 6 heteroatoms. The quantitative estimate of drug-likeness (QED) is 0.837. The van der Waals surface area contributed by atoms with Crippen molar-refractivity contribution in [1.82, 2.24) is 14.9 Å². The van der Waals surface area contributed by atoms with Gasteiger partial charge in [-0.15, -0.1) is 0 Å². The predicted octanol–water partition coefficient (Wildman–Crippen LogP) is 1.93. The summed E-state index contributed by atoms with van der Waals surface area (Å²) in [7, 11) is 2.12. The van der Waals surface area contributed by atoms with Crippen LogP contribution in [0.15, 0.2) is 10.7 Å². The molecule has 1 aromatic rings. The molecule has 2 heterocycles. The summed E-state index contributed by atoms with van der Waals surface area (Å²) in [5.74, 6) is 1.74. The third-order valence-corrected chi connectivity index (χ3v) is 3.47. The number of aryl methyl sites for hydroxylation is 1. The molecule has 19 heavy (non-hydrogen) atoms. The molecule has 0 saturated carbocycles. The summed E-state index contributed by atoms with van der Waals surface area (Å²) in [6, 6.07) is 1.91. The standard InChI is InChI=1S/C13H21BrN4O/c1-3-4-12-16-11(14)7-13(17-12)15-8-10-9-18(2)5-6-19-10/h7,10H,3-6,8-9H2,1-2H3,(H,15,16,17). The second kappa shape index (κ2) is 7.17. The van der Waals surface area contributed by atoms with E-state index in [4.69, 9.17) is 4.74 Å². The SMILES string of the molecule is CCCc1nc(Br)cc(NCC2CN(C)CCO2)n1. The number of nitrogens with one attached hydrogen (secondary N) is 1. The van der Waals surface area contributed by atoms with Crippen LogP contribution in [-0.4, -0.2) is 54.3 Å². The Morgan fingerprint density at radius 3 is 3.11 bits per heavy atom. The topological polar surface area (TPSA) is 50.3 Å². The molecule has 1 unspecified atom stereocenters. The van der Waals surface area contributed by atoms with E-state index in [1.807, 2.05) is 6.07 Å². The Hall–Kier alpha value is -0.720. The highest BCUT2D eigenvalue weighted by molar-refractivity contribution is 9.10. The van der Waals surface area contributed by atoms with Crippen LogP contribution in [-0.2, 0) is 11.2 Å². The molecule has 1 atom stereocenters. The highest BCUT2D eigenvalue weighted by atomic mass is 79.9. The molecular weight excluding hydrogens is 308 g/mol. The minimum absolute atomic E-state index is 0.224. The third kappa shape index (κ3) is 4.71. The van der Waals surface area contributed by atoms with Gasteiger partial charge in [0.25, 0.3) is 0 Å². The van der Waals surface area contributed by atoms with Crippen molar-refractivity contribution in [3.8, 4) is 0 Å². The fourth-order valence-electron chi connectivity index (χ4n) is 2.10. The maximum absolute atomic E-state index is 5.72. The number of hydrogen-bond acceptors (Lipinski definition) is 5. The average molecular weight is 329 g/mol. The average Bonchev–Trinajstić information content (AvgIpc) is 2.36. The Bertz CT molecular complexity index is 416. The van der Waals surface area contributed by atoms with E-state index in [-0.39, 0.29) is 6.10 Å². The molecule has 1 saturated heterocycles. The Kier molecular flexibility index (Phi) is 5.54. The van der Waals surface area contributed by atoms with Crippen LogP contribution in [0, 0.1) is 0 Å².